The van der Waals surface area contributed by atoms with Crippen molar-refractivity contribution in [2.45, 2.75) is 83.5 Å². The Labute approximate surface area is 188 Å². The zero-order chi connectivity index (χ0) is 22.7. The van der Waals surface area contributed by atoms with Crippen LogP contribution in [-0.4, -0.2) is 41.1 Å². The molecule has 5 aliphatic rings. The minimum atomic E-state index is -1.01. The first-order chi connectivity index (χ1) is 15.2. The number of carboxylic acids is 1. The van der Waals surface area contributed by atoms with Gasteiger partial charge in [-0.15, -0.1) is 0 Å². The molecule has 6 rings (SSSR count). The van der Waals surface area contributed by atoms with Gasteiger partial charge in [0.2, 0.25) is 12.1 Å². The minimum absolute atomic E-state index is 0.0684. The fraction of sp³-hybridized carbons (Fsp3) is 0.708. The normalized spacial score (nSPS) is 43.6. The summed E-state index contributed by atoms with van der Waals surface area (Å²) in [6, 6.07) is 6.92. The molecule has 1 saturated carbocycles. The standard InChI is InChI=1S/C24H32O8/c1-13-5-10-19-14(2)21(28-17-8-6-16(7-9-17)27-15(3)20(25)26)29-22-24(19)18(13)11-12-23(4,30-22)31-32-24/h6-9,13-15,18-19,21-22H,5,10-12H2,1-4H3,(H,25,26)/t13-,14-,15?,18+,19+,21?,22-,23-,24-/m1/s1. The Bertz CT molecular complexity index is 858. The molecular formula is C24H32O8. The van der Waals surface area contributed by atoms with Gasteiger partial charge < -0.3 is 24.1 Å². The van der Waals surface area contributed by atoms with E-state index in [1.807, 2.05) is 6.92 Å². The Morgan fingerprint density at radius 1 is 1.09 bits per heavy atom. The molecule has 0 radical (unpaired) electrons. The van der Waals surface area contributed by atoms with Gasteiger partial charge in [-0.3, -0.25) is 0 Å². The predicted octanol–water partition coefficient (Wildman–Crippen LogP) is 4.13. The summed E-state index contributed by atoms with van der Waals surface area (Å²) in [5.41, 5.74) is -0.613. The van der Waals surface area contributed by atoms with Crippen molar-refractivity contribution in [3.05, 3.63) is 24.3 Å². The highest BCUT2D eigenvalue weighted by atomic mass is 17.3. The van der Waals surface area contributed by atoms with Gasteiger partial charge >= 0.3 is 5.97 Å². The third-order valence-electron chi connectivity index (χ3n) is 7.83. The molecule has 5 fully saturated rings. The molecule has 0 amide bonds. The van der Waals surface area contributed by atoms with Crippen molar-refractivity contribution in [3.63, 3.8) is 0 Å². The average Bonchev–Trinajstić information content (AvgIpc) is 2.99. The van der Waals surface area contributed by atoms with Crippen LogP contribution in [0.1, 0.15) is 53.4 Å². The fourth-order valence-electron chi connectivity index (χ4n) is 5.99. The van der Waals surface area contributed by atoms with E-state index in [-0.39, 0.29) is 11.8 Å². The molecule has 32 heavy (non-hydrogen) atoms. The Kier molecular flexibility index (Phi) is 5.40. The monoisotopic (exact) mass is 448 g/mol. The second kappa shape index (κ2) is 7.87. The number of ether oxygens (including phenoxy) is 4. The van der Waals surface area contributed by atoms with Crippen LogP contribution < -0.4 is 9.47 Å². The third kappa shape index (κ3) is 3.48. The lowest BCUT2D eigenvalue weighted by Crippen LogP contribution is -2.70. The fourth-order valence-corrected chi connectivity index (χ4v) is 5.99. The van der Waals surface area contributed by atoms with Crippen LogP contribution in [0.25, 0.3) is 0 Å². The number of aliphatic carboxylic acids is 1. The Hall–Kier alpha value is -1.87. The first-order valence-electron chi connectivity index (χ1n) is 11.6. The van der Waals surface area contributed by atoms with E-state index in [0.29, 0.717) is 23.3 Å². The highest BCUT2D eigenvalue weighted by Crippen LogP contribution is 2.60. The SMILES string of the molecule is CC(Oc1ccc(OC2O[C@@H]3O[C@@]4(C)CC[C@H]5[C@H](C)CC[C@@H]([C@H]2C)[C@@]35OO4)cc1)C(=O)O. The topological polar surface area (TPSA) is 92.7 Å². The van der Waals surface area contributed by atoms with Gasteiger partial charge in [-0.05, 0) is 69.2 Å². The van der Waals surface area contributed by atoms with Crippen LogP contribution >= 0.6 is 0 Å². The molecule has 1 aromatic carbocycles. The van der Waals surface area contributed by atoms with Crippen LogP contribution in [0.2, 0.25) is 0 Å². The summed E-state index contributed by atoms with van der Waals surface area (Å²) in [5, 5.41) is 9.01. The number of hydrogen-bond acceptors (Lipinski definition) is 7. The molecule has 176 valence electrons. The van der Waals surface area contributed by atoms with Gasteiger partial charge in [-0.2, -0.15) is 0 Å². The number of fused-ring (bicyclic) bond motifs is 2. The van der Waals surface area contributed by atoms with E-state index in [9.17, 15) is 4.79 Å². The molecule has 4 saturated heterocycles. The summed E-state index contributed by atoms with van der Waals surface area (Å²) in [5.74, 6) is 0.339. The summed E-state index contributed by atoms with van der Waals surface area (Å²) >= 11 is 0. The molecule has 0 aromatic heterocycles. The van der Waals surface area contributed by atoms with E-state index < -0.39 is 36.0 Å². The van der Waals surface area contributed by atoms with Gasteiger partial charge in [-0.1, -0.05) is 13.8 Å². The molecule has 4 heterocycles. The van der Waals surface area contributed by atoms with E-state index in [0.717, 1.165) is 25.7 Å². The van der Waals surface area contributed by atoms with E-state index in [1.54, 1.807) is 24.3 Å². The van der Waals surface area contributed by atoms with Gasteiger partial charge in [0.25, 0.3) is 0 Å². The molecule has 8 heteroatoms. The van der Waals surface area contributed by atoms with Crippen LogP contribution in [0.5, 0.6) is 11.5 Å². The number of benzene rings is 1. The lowest BCUT2D eigenvalue weighted by atomic mass is 9.58. The van der Waals surface area contributed by atoms with E-state index in [1.165, 1.54) is 6.92 Å². The maximum Gasteiger partial charge on any atom is 0.344 e. The summed E-state index contributed by atoms with van der Waals surface area (Å²) in [6.07, 6.45) is 1.92. The number of hydrogen-bond donors (Lipinski definition) is 1. The number of carboxylic acid groups (broad SMARTS) is 1. The molecule has 2 unspecified atom stereocenters. The highest BCUT2D eigenvalue weighted by Gasteiger charge is 2.69. The summed E-state index contributed by atoms with van der Waals surface area (Å²) in [6.45, 7) is 7.83. The number of carbonyl (C=O) groups is 1. The first kappa shape index (κ1) is 21.9. The quantitative estimate of drug-likeness (QED) is 0.673. The molecule has 1 aromatic rings. The zero-order valence-corrected chi connectivity index (χ0v) is 19.0. The Morgan fingerprint density at radius 3 is 2.53 bits per heavy atom. The largest absolute Gasteiger partial charge is 0.479 e. The number of rotatable bonds is 5. The zero-order valence-electron chi connectivity index (χ0n) is 19.0. The van der Waals surface area contributed by atoms with Crippen molar-refractivity contribution in [1.82, 2.24) is 0 Å². The van der Waals surface area contributed by atoms with Crippen molar-refractivity contribution in [2.75, 3.05) is 0 Å². The van der Waals surface area contributed by atoms with E-state index in [2.05, 4.69) is 13.8 Å². The van der Waals surface area contributed by atoms with Gasteiger partial charge in [0.1, 0.15) is 11.5 Å². The van der Waals surface area contributed by atoms with Crippen molar-refractivity contribution in [1.29, 1.82) is 0 Å². The second-order valence-corrected chi connectivity index (χ2v) is 9.96. The molecule has 2 bridgehead atoms. The molecule has 4 aliphatic heterocycles. The van der Waals surface area contributed by atoms with E-state index in [4.69, 9.17) is 33.8 Å². The van der Waals surface area contributed by atoms with Crippen LogP contribution in [0.15, 0.2) is 24.3 Å². The Morgan fingerprint density at radius 2 is 1.81 bits per heavy atom. The lowest BCUT2D eigenvalue weighted by molar-refractivity contribution is -0.575. The van der Waals surface area contributed by atoms with Crippen LogP contribution in [0.3, 0.4) is 0 Å². The van der Waals surface area contributed by atoms with Crippen LogP contribution in [0, 0.1) is 23.7 Å². The molecule has 1 aliphatic carbocycles. The first-order valence-corrected chi connectivity index (χ1v) is 11.6. The summed E-state index contributed by atoms with van der Waals surface area (Å²) < 4.78 is 24.4. The highest BCUT2D eigenvalue weighted by molar-refractivity contribution is 5.72. The van der Waals surface area contributed by atoms with Crippen molar-refractivity contribution < 1.29 is 38.6 Å². The van der Waals surface area contributed by atoms with Crippen LogP contribution in [0.4, 0.5) is 0 Å². The lowest BCUT2D eigenvalue weighted by Gasteiger charge is -2.60. The van der Waals surface area contributed by atoms with Crippen molar-refractivity contribution in [3.8, 4) is 11.5 Å². The molecule has 1 N–H and O–H groups in total. The average molecular weight is 449 g/mol. The third-order valence-corrected chi connectivity index (χ3v) is 7.83. The van der Waals surface area contributed by atoms with Gasteiger partial charge in [0.05, 0.1) is 0 Å². The van der Waals surface area contributed by atoms with E-state index >= 15 is 0 Å². The molecule has 9 atom stereocenters. The molecular weight excluding hydrogens is 416 g/mol. The van der Waals surface area contributed by atoms with Gasteiger partial charge in [0, 0.05) is 18.3 Å². The molecule has 1 spiro atoms. The maximum atomic E-state index is 11.0. The minimum Gasteiger partial charge on any atom is -0.479 e. The van der Waals surface area contributed by atoms with Crippen molar-refractivity contribution in [2.24, 2.45) is 23.7 Å². The summed E-state index contributed by atoms with van der Waals surface area (Å²) in [4.78, 5) is 23.0. The predicted molar refractivity (Wildman–Crippen MR) is 112 cm³/mol. The smallest absolute Gasteiger partial charge is 0.344 e. The second-order valence-electron chi connectivity index (χ2n) is 9.96. The van der Waals surface area contributed by atoms with Gasteiger partial charge in [0.15, 0.2) is 18.0 Å². The molecule has 8 nitrogen and oxygen atoms in total. The summed E-state index contributed by atoms with van der Waals surface area (Å²) in [7, 11) is 0. The Balaban J connectivity index is 1.36. The van der Waals surface area contributed by atoms with Crippen LogP contribution in [-0.2, 0) is 24.0 Å². The van der Waals surface area contributed by atoms with Gasteiger partial charge in [-0.25, -0.2) is 14.6 Å². The maximum absolute atomic E-state index is 11.0. The van der Waals surface area contributed by atoms with Crippen molar-refractivity contribution >= 4 is 5.97 Å².